The van der Waals surface area contributed by atoms with Crippen LogP contribution in [0.4, 0.5) is 0 Å². The molecule has 1 N–H and O–H groups in total. The third-order valence-electron chi connectivity index (χ3n) is 3.15. The molecule has 0 aliphatic carbocycles. The number of fused-ring (bicyclic) bond motifs is 1. The molecule has 0 unspecified atom stereocenters. The molecule has 0 radical (unpaired) electrons. The van der Waals surface area contributed by atoms with Crippen LogP contribution in [0.15, 0.2) is 18.6 Å². The van der Waals surface area contributed by atoms with Crippen LogP contribution in [0, 0.1) is 6.92 Å². The molecular formula is C12H17N5. The predicted octanol–water partition coefficient (Wildman–Crippen LogP) is 0.443. The maximum Gasteiger partial charge on any atom is 0.160 e. The van der Waals surface area contributed by atoms with Crippen molar-refractivity contribution in [1.29, 1.82) is 0 Å². The van der Waals surface area contributed by atoms with Crippen molar-refractivity contribution in [2.75, 3.05) is 26.2 Å². The van der Waals surface area contributed by atoms with Crippen molar-refractivity contribution in [2.24, 2.45) is 0 Å². The van der Waals surface area contributed by atoms with E-state index in [0.29, 0.717) is 0 Å². The van der Waals surface area contributed by atoms with E-state index in [-0.39, 0.29) is 0 Å². The molecule has 17 heavy (non-hydrogen) atoms. The second kappa shape index (κ2) is 4.43. The van der Waals surface area contributed by atoms with Crippen LogP contribution >= 0.6 is 0 Å². The Kier molecular flexibility index (Phi) is 2.78. The number of piperazine rings is 1. The highest BCUT2D eigenvalue weighted by Gasteiger charge is 2.13. The lowest BCUT2D eigenvalue weighted by Crippen LogP contribution is -2.43. The van der Waals surface area contributed by atoms with Gasteiger partial charge in [-0.15, -0.1) is 0 Å². The summed E-state index contributed by atoms with van der Waals surface area (Å²) in [5.41, 5.74) is 3.10. The molecule has 1 fully saturated rings. The predicted molar refractivity (Wildman–Crippen MR) is 65.9 cm³/mol. The quantitative estimate of drug-likeness (QED) is 0.815. The first kappa shape index (κ1) is 10.7. The molecule has 3 heterocycles. The number of hydrogen-bond acceptors (Lipinski definition) is 4. The van der Waals surface area contributed by atoms with Crippen LogP contribution in [0.5, 0.6) is 0 Å². The van der Waals surface area contributed by atoms with Crippen molar-refractivity contribution >= 4 is 5.65 Å². The number of imidazole rings is 1. The second-order valence-electron chi connectivity index (χ2n) is 4.51. The maximum absolute atomic E-state index is 4.54. The molecule has 1 aliphatic heterocycles. The number of aryl methyl sites for hydroxylation is 1. The van der Waals surface area contributed by atoms with Crippen LogP contribution in [-0.4, -0.2) is 45.4 Å². The summed E-state index contributed by atoms with van der Waals surface area (Å²) >= 11 is 0. The van der Waals surface area contributed by atoms with Crippen molar-refractivity contribution in [2.45, 2.75) is 13.5 Å². The van der Waals surface area contributed by atoms with Gasteiger partial charge in [-0.25, -0.2) is 4.98 Å². The monoisotopic (exact) mass is 231 g/mol. The SMILES string of the molecule is Cc1cn2ccnc(CN3CCNCC3)c2n1. The van der Waals surface area contributed by atoms with E-state index < -0.39 is 0 Å². The zero-order valence-electron chi connectivity index (χ0n) is 10.1. The third-order valence-corrected chi connectivity index (χ3v) is 3.15. The zero-order chi connectivity index (χ0) is 11.7. The smallest absolute Gasteiger partial charge is 0.160 e. The van der Waals surface area contributed by atoms with Gasteiger partial charge in [0.05, 0.1) is 11.4 Å². The minimum absolute atomic E-state index is 0.891. The summed E-state index contributed by atoms with van der Waals surface area (Å²) in [6.07, 6.45) is 5.85. The summed E-state index contributed by atoms with van der Waals surface area (Å²) < 4.78 is 2.06. The van der Waals surface area contributed by atoms with E-state index in [1.165, 1.54) is 0 Å². The molecule has 2 aromatic heterocycles. The molecular weight excluding hydrogens is 214 g/mol. The second-order valence-corrected chi connectivity index (χ2v) is 4.51. The molecule has 5 nitrogen and oxygen atoms in total. The molecule has 1 aliphatic rings. The highest BCUT2D eigenvalue weighted by atomic mass is 15.2. The van der Waals surface area contributed by atoms with E-state index in [9.17, 15) is 0 Å². The third kappa shape index (κ3) is 2.16. The first-order valence-electron chi connectivity index (χ1n) is 6.05. The Bertz CT molecular complexity index is 513. The number of rotatable bonds is 2. The maximum atomic E-state index is 4.54. The van der Waals surface area contributed by atoms with E-state index in [2.05, 4.69) is 24.6 Å². The molecule has 0 amide bonds. The highest BCUT2D eigenvalue weighted by Crippen LogP contribution is 2.11. The Hall–Kier alpha value is -1.46. The Morgan fingerprint density at radius 1 is 1.35 bits per heavy atom. The fourth-order valence-electron chi connectivity index (χ4n) is 2.29. The Labute approximate surface area is 100 Å². The van der Waals surface area contributed by atoms with E-state index in [4.69, 9.17) is 0 Å². The van der Waals surface area contributed by atoms with E-state index in [1.807, 2.05) is 25.5 Å². The van der Waals surface area contributed by atoms with Crippen LogP contribution in [0.2, 0.25) is 0 Å². The van der Waals surface area contributed by atoms with Gasteiger partial charge in [-0.1, -0.05) is 0 Å². The Morgan fingerprint density at radius 2 is 2.18 bits per heavy atom. The van der Waals surface area contributed by atoms with Crippen LogP contribution in [0.1, 0.15) is 11.4 Å². The molecule has 0 saturated carbocycles. The topological polar surface area (TPSA) is 45.5 Å². The minimum atomic E-state index is 0.891. The zero-order valence-corrected chi connectivity index (χ0v) is 10.1. The summed E-state index contributed by atoms with van der Waals surface area (Å²) in [6, 6.07) is 0. The molecule has 0 atom stereocenters. The largest absolute Gasteiger partial charge is 0.314 e. The van der Waals surface area contributed by atoms with Crippen LogP contribution in [-0.2, 0) is 6.54 Å². The van der Waals surface area contributed by atoms with Crippen molar-refractivity contribution < 1.29 is 0 Å². The molecule has 2 aromatic rings. The summed E-state index contributed by atoms with van der Waals surface area (Å²) in [7, 11) is 0. The van der Waals surface area contributed by atoms with Gasteiger partial charge in [-0.2, -0.15) is 0 Å². The normalized spacial score (nSPS) is 17.7. The standard InChI is InChI=1S/C12H17N5/c1-10-8-17-7-4-14-11(12(17)15-10)9-16-5-2-13-3-6-16/h4,7-8,13H,2-3,5-6,9H2,1H3. The first-order valence-corrected chi connectivity index (χ1v) is 6.05. The molecule has 1 saturated heterocycles. The van der Waals surface area contributed by atoms with Crippen LogP contribution in [0.3, 0.4) is 0 Å². The van der Waals surface area contributed by atoms with Gasteiger partial charge >= 0.3 is 0 Å². The van der Waals surface area contributed by atoms with Gasteiger partial charge in [0.2, 0.25) is 0 Å². The van der Waals surface area contributed by atoms with E-state index in [1.54, 1.807) is 0 Å². The Balaban J connectivity index is 1.88. The van der Waals surface area contributed by atoms with Gasteiger partial charge in [-0.3, -0.25) is 9.88 Å². The summed E-state index contributed by atoms with van der Waals surface area (Å²) in [5.74, 6) is 0. The van der Waals surface area contributed by atoms with Crippen molar-refractivity contribution in [3.63, 3.8) is 0 Å². The van der Waals surface area contributed by atoms with Crippen LogP contribution in [0.25, 0.3) is 5.65 Å². The van der Waals surface area contributed by atoms with Crippen molar-refractivity contribution in [1.82, 2.24) is 24.6 Å². The van der Waals surface area contributed by atoms with Gasteiger partial charge in [0, 0.05) is 51.3 Å². The molecule has 5 heteroatoms. The van der Waals surface area contributed by atoms with E-state index in [0.717, 1.165) is 49.8 Å². The Morgan fingerprint density at radius 3 is 3.00 bits per heavy atom. The number of aromatic nitrogens is 3. The van der Waals surface area contributed by atoms with E-state index >= 15 is 0 Å². The van der Waals surface area contributed by atoms with Crippen molar-refractivity contribution in [3.05, 3.63) is 30.0 Å². The molecule has 3 rings (SSSR count). The molecule has 0 spiro atoms. The number of hydrogen-bond donors (Lipinski definition) is 1. The fraction of sp³-hybridized carbons (Fsp3) is 0.500. The molecule has 0 bridgehead atoms. The van der Waals surface area contributed by atoms with Crippen LogP contribution < -0.4 is 5.32 Å². The molecule has 0 aromatic carbocycles. The lowest BCUT2D eigenvalue weighted by Gasteiger charge is -2.26. The summed E-state index contributed by atoms with van der Waals surface area (Å²) in [5, 5.41) is 3.36. The number of nitrogens with zero attached hydrogens (tertiary/aromatic N) is 4. The molecule has 90 valence electrons. The fourth-order valence-corrected chi connectivity index (χ4v) is 2.29. The summed E-state index contributed by atoms with van der Waals surface area (Å²) in [4.78, 5) is 11.4. The number of nitrogens with one attached hydrogen (secondary N) is 1. The highest BCUT2D eigenvalue weighted by molar-refractivity contribution is 5.44. The first-order chi connectivity index (χ1) is 8.33. The average molecular weight is 231 g/mol. The summed E-state index contributed by atoms with van der Waals surface area (Å²) in [6.45, 7) is 7.21. The lowest BCUT2D eigenvalue weighted by molar-refractivity contribution is 0.231. The van der Waals surface area contributed by atoms with Gasteiger partial charge in [-0.05, 0) is 6.92 Å². The van der Waals surface area contributed by atoms with Gasteiger partial charge in [0.15, 0.2) is 5.65 Å². The van der Waals surface area contributed by atoms with Gasteiger partial charge in [0.25, 0.3) is 0 Å². The lowest BCUT2D eigenvalue weighted by atomic mass is 10.3. The van der Waals surface area contributed by atoms with Crippen molar-refractivity contribution in [3.8, 4) is 0 Å². The van der Waals surface area contributed by atoms with Gasteiger partial charge in [0.1, 0.15) is 0 Å². The average Bonchev–Trinajstić information content (AvgIpc) is 2.72. The minimum Gasteiger partial charge on any atom is -0.314 e. The van der Waals surface area contributed by atoms with Gasteiger partial charge < -0.3 is 9.72 Å².